The van der Waals surface area contributed by atoms with Crippen LogP contribution in [0.4, 0.5) is 0 Å². The van der Waals surface area contributed by atoms with Crippen LogP contribution in [0, 0.1) is 0 Å². The fourth-order valence-corrected chi connectivity index (χ4v) is 2.62. The Kier molecular flexibility index (Phi) is 6.84. The van der Waals surface area contributed by atoms with Crippen molar-refractivity contribution in [1.29, 1.82) is 0 Å². The fraction of sp³-hybridized carbons (Fsp3) is 0.500. The molecule has 1 atom stereocenters. The maximum absolute atomic E-state index is 9.19. The Morgan fingerprint density at radius 2 is 1.94 bits per heavy atom. The van der Waals surface area contributed by atoms with E-state index in [-0.39, 0.29) is 0 Å². The van der Waals surface area contributed by atoms with Gasteiger partial charge < -0.3 is 0 Å². The van der Waals surface area contributed by atoms with E-state index in [2.05, 4.69) is 24.3 Å². The monoisotopic (exact) mass is 280 g/mol. The first kappa shape index (κ1) is 16.1. The Morgan fingerprint density at radius 1 is 1.33 bits per heavy atom. The van der Waals surface area contributed by atoms with Gasteiger partial charge in [-0.3, -0.25) is 4.55 Å². The summed E-state index contributed by atoms with van der Waals surface area (Å²) in [6.45, 7) is 0.945. The first-order valence-corrected chi connectivity index (χ1v) is 8.82. The number of benzene rings is 1. The van der Waals surface area contributed by atoms with Gasteiger partial charge in [0.25, 0.3) is 10.1 Å². The molecule has 0 aliphatic carbocycles. The van der Waals surface area contributed by atoms with E-state index >= 15 is 0 Å². The van der Waals surface area contributed by atoms with Gasteiger partial charge in [-0.2, -0.15) is 8.42 Å². The standard InChI is InChI=1S/C11H13O.CH4O3S.Na/c1-2-6-10(7-3-1)11-8-4-5-9-12-11;1-5(2,3)4;/h1-3,6,11H,4-5,8-9H2;1H3,(H,2,3,4);. The van der Waals surface area contributed by atoms with E-state index in [0.717, 1.165) is 34.5 Å². The summed E-state index contributed by atoms with van der Waals surface area (Å²) >= 11 is 1.13. The Labute approximate surface area is 126 Å². The van der Waals surface area contributed by atoms with Crippen LogP contribution < -0.4 is 2.81 Å². The minimum absolute atomic E-state index is 0.391. The molecule has 0 spiro atoms. The SMILES string of the molecule is CS(=O)(=O)O.[Na][c]1ccccc1C1CCCCO1. The van der Waals surface area contributed by atoms with E-state index in [1.807, 2.05) is 0 Å². The molecule has 1 N–H and O–H groups in total. The van der Waals surface area contributed by atoms with E-state index in [9.17, 15) is 8.42 Å². The third-order valence-corrected chi connectivity index (χ3v) is 3.63. The van der Waals surface area contributed by atoms with Crippen LogP contribution in [0.2, 0.25) is 0 Å². The molecule has 0 saturated carbocycles. The van der Waals surface area contributed by atoms with E-state index in [1.165, 1.54) is 27.6 Å². The van der Waals surface area contributed by atoms with Crippen LogP contribution in [0.3, 0.4) is 0 Å². The van der Waals surface area contributed by atoms with Crippen molar-refractivity contribution in [2.24, 2.45) is 0 Å². The summed E-state index contributed by atoms with van der Waals surface area (Å²) in [6.07, 6.45) is 4.87. The van der Waals surface area contributed by atoms with Gasteiger partial charge in [-0.05, 0) is 0 Å². The molecule has 1 saturated heterocycles. The van der Waals surface area contributed by atoms with Crippen LogP contribution in [0.5, 0.6) is 0 Å². The number of hydrogen-bond acceptors (Lipinski definition) is 3. The van der Waals surface area contributed by atoms with Crippen molar-refractivity contribution in [2.75, 3.05) is 12.9 Å². The molecule has 18 heavy (non-hydrogen) atoms. The van der Waals surface area contributed by atoms with Gasteiger partial charge >= 0.3 is 97.3 Å². The second-order valence-electron chi connectivity index (χ2n) is 4.44. The third kappa shape index (κ3) is 6.87. The topological polar surface area (TPSA) is 63.6 Å². The first-order chi connectivity index (χ1) is 8.38. The van der Waals surface area contributed by atoms with E-state index in [0.29, 0.717) is 12.4 Å². The molecule has 0 bridgehead atoms. The van der Waals surface area contributed by atoms with Crippen molar-refractivity contribution in [3.8, 4) is 0 Å². The second kappa shape index (κ2) is 7.62. The zero-order valence-corrected chi connectivity index (χ0v) is 13.6. The predicted octanol–water partition coefficient (Wildman–Crippen LogP) is 1.23. The summed E-state index contributed by atoms with van der Waals surface area (Å²) in [5, 5.41) is 0. The van der Waals surface area contributed by atoms with Gasteiger partial charge in [-0.1, -0.05) is 0 Å². The Bertz CT molecular complexity index is 459. The summed E-state index contributed by atoms with van der Waals surface area (Å²) < 4.78 is 33.1. The second-order valence-corrected chi connectivity index (χ2v) is 6.99. The van der Waals surface area contributed by atoms with Gasteiger partial charge in [0.05, 0.1) is 6.26 Å². The summed E-state index contributed by atoms with van der Waals surface area (Å²) in [7, 11) is -3.67. The zero-order valence-electron chi connectivity index (χ0n) is 10.8. The normalized spacial score (nSPS) is 19.9. The predicted molar refractivity (Wildman–Crippen MR) is 71.8 cm³/mol. The fourth-order valence-electron chi connectivity index (χ4n) is 1.93. The van der Waals surface area contributed by atoms with Gasteiger partial charge in [-0.25, -0.2) is 0 Å². The van der Waals surface area contributed by atoms with E-state index in [4.69, 9.17) is 9.29 Å². The molecule has 1 aromatic carbocycles. The summed E-state index contributed by atoms with van der Waals surface area (Å²) in [5.41, 5.74) is 1.44. The van der Waals surface area contributed by atoms with Crippen molar-refractivity contribution in [3.05, 3.63) is 29.8 Å². The van der Waals surface area contributed by atoms with E-state index in [1.54, 1.807) is 0 Å². The molecule has 96 valence electrons. The molecule has 1 heterocycles. The van der Waals surface area contributed by atoms with Crippen LogP contribution in [-0.2, 0) is 14.9 Å². The zero-order chi connectivity index (χ0) is 13.6. The maximum atomic E-state index is 9.19. The Balaban J connectivity index is 0.000000280. The van der Waals surface area contributed by atoms with Crippen LogP contribution >= 0.6 is 0 Å². The van der Waals surface area contributed by atoms with Crippen molar-refractivity contribution < 1.29 is 17.7 Å². The molecule has 0 aromatic heterocycles. The van der Waals surface area contributed by atoms with Crippen LogP contribution in [0.1, 0.15) is 30.9 Å². The molecule has 0 amide bonds. The van der Waals surface area contributed by atoms with Gasteiger partial charge in [-0.15, -0.1) is 0 Å². The van der Waals surface area contributed by atoms with Crippen molar-refractivity contribution in [1.82, 2.24) is 0 Å². The molecular weight excluding hydrogens is 263 g/mol. The number of hydrogen-bond donors (Lipinski definition) is 1. The molecule has 6 heteroatoms. The molecule has 1 unspecified atom stereocenters. The molecule has 1 aromatic rings. The first-order valence-electron chi connectivity index (χ1n) is 5.97. The third-order valence-electron chi connectivity index (χ3n) is 2.72. The summed E-state index contributed by atoms with van der Waals surface area (Å²) in [6, 6.07) is 8.68. The molecule has 1 fully saturated rings. The van der Waals surface area contributed by atoms with Crippen LogP contribution in [0.15, 0.2) is 24.3 Å². The molecule has 2 rings (SSSR count). The molecule has 1 aliphatic heterocycles. The number of rotatable bonds is 1. The summed E-state index contributed by atoms with van der Waals surface area (Å²) in [4.78, 5) is 0. The minimum atomic E-state index is -3.67. The molecule has 1 aliphatic rings. The Morgan fingerprint density at radius 3 is 2.44 bits per heavy atom. The van der Waals surface area contributed by atoms with Gasteiger partial charge in [0, 0.05) is 0 Å². The van der Waals surface area contributed by atoms with Crippen molar-refractivity contribution in [3.63, 3.8) is 0 Å². The van der Waals surface area contributed by atoms with E-state index < -0.39 is 10.1 Å². The van der Waals surface area contributed by atoms with Gasteiger partial charge in [0.2, 0.25) is 0 Å². The molecule has 0 radical (unpaired) electrons. The molecule has 4 nitrogen and oxygen atoms in total. The number of ether oxygens (including phenoxy) is 1. The van der Waals surface area contributed by atoms with Gasteiger partial charge in [0.15, 0.2) is 0 Å². The van der Waals surface area contributed by atoms with Crippen LogP contribution in [-0.4, -0.2) is 53.8 Å². The van der Waals surface area contributed by atoms with Crippen molar-refractivity contribution >= 4 is 40.9 Å². The van der Waals surface area contributed by atoms with Crippen molar-refractivity contribution in [2.45, 2.75) is 25.4 Å². The Hall–Kier alpha value is 0.0900. The quantitative estimate of drug-likeness (QED) is 0.620. The molecular formula is C12H17NaO4S. The average Bonchev–Trinajstić information content (AvgIpc) is 2.29. The van der Waals surface area contributed by atoms with Crippen LogP contribution in [0.25, 0.3) is 0 Å². The average molecular weight is 280 g/mol. The van der Waals surface area contributed by atoms with Gasteiger partial charge in [0.1, 0.15) is 0 Å². The summed E-state index contributed by atoms with van der Waals surface area (Å²) in [5.74, 6) is 0.